The topological polar surface area (TPSA) is 41.7 Å². The Balaban J connectivity index is 1.76. The molecule has 2 fully saturated rings. The monoisotopic (exact) mass is 227 g/mol. The van der Waals surface area contributed by atoms with Gasteiger partial charge in [0.2, 0.25) is 0 Å². The quantitative estimate of drug-likeness (QED) is 0.741. The van der Waals surface area contributed by atoms with E-state index in [1.165, 1.54) is 45.4 Å². The molecule has 2 aliphatic rings. The molecule has 2 N–H and O–H groups in total. The molecule has 16 heavy (non-hydrogen) atoms. The molecule has 0 saturated carbocycles. The molecule has 2 atom stereocenters. The number of nitrogens with two attached hydrogens (primary N) is 1. The van der Waals surface area contributed by atoms with Crippen LogP contribution < -0.4 is 5.73 Å². The van der Waals surface area contributed by atoms with Crippen LogP contribution in [0.3, 0.4) is 0 Å². The van der Waals surface area contributed by atoms with Crippen LogP contribution in [0, 0.1) is 0 Å². The van der Waals surface area contributed by atoms with Gasteiger partial charge in [0.25, 0.3) is 0 Å². The number of hydrogen-bond acceptors (Lipinski definition) is 4. The first-order valence-electron chi connectivity index (χ1n) is 6.50. The lowest BCUT2D eigenvalue weighted by Gasteiger charge is -2.44. The summed E-state index contributed by atoms with van der Waals surface area (Å²) in [6.45, 7) is 6.57. The normalized spacial score (nSPS) is 30.0. The first-order chi connectivity index (χ1) is 7.79. The fraction of sp³-hybridized carbons (Fsp3) is 1.00. The van der Waals surface area contributed by atoms with Crippen LogP contribution in [0.15, 0.2) is 0 Å². The van der Waals surface area contributed by atoms with Crippen molar-refractivity contribution in [2.24, 2.45) is 5.73 Å². The van der Waals surface area contributed by atoms with Gasteiger partial charge in [-0.3, -0.25) is 9.80 Å². The average Bonchev–Trinajstić information content (AvgIpc) is 2.29. The Morgan fingerprint density at radius 2 is 2.19 bits per heavy atom. The molecule has 2 aliphatic heterocycles. The maximum Gasteiger partial charge on any atom is 0.0626 e. The van der Waals surface area contributed by atoms with E-state index in [1.807, 2.05) is 0 Å². The smallest absolute Gasteiger partial charge is 0.0626 e. The largest absolute Gasteiger partial charge is 0.383 e. The van der Waals surface area contributed by atoms with Gasteiger partial charge < -0.3 is 10.5 Å². The minimum atomic E-state index is 0.167. The van der Waals surface area contributed by atoms with Gasteiger partial charge in [-0.1, -0.05) is 6.42 Å². The predicted octanol–water partition coefficient (Wildman–Crippen LogP) is 0.130. The number of methoxy groups -OCH3 is 1. The molecule has 2 heterocycles. The van der Waals surface area contributed by atoms with Crippen LogP contribution in [0.2, 0.25) is 0 Å². The van der Waals surface area contributed by atoms with Gasteiger partial charge in [-0.05, 0) is 19.4 Å². The molecular formula is C12H25N3O. The third-order valence-electron chi connectivity index (χ3n) is 3.79. The van der Waals surface area contributed by atoms with Crippen LogP contribution in [-0.4, -0.2) is 68.3 Å². The standard InChI is InChI=1S/C12H25N3O/c1-16-10-11(13)8-14-6-7-15-5-3-2-4-12(15)9-14/h11-12H,2-10,13H2,1H3. The van der Waals surface area contributed by atoms with Crippen LogP contribution >= 0.6 is 0 Å². The molecule has 2 rings (SSSR count). The highest BCUT2D eigenvalue weighted by Gasteiger charge is 2.29. The summed E-state index contributed by atoms with van der Waals surface area (Å²) in [5, 5.41) is 0. The van der Waals surface area contributed by atoms with Crippen molar-refractivity contribution in [2.75, 3.05) is 46.4 Å². The van der Waals surface area contributed by atoms with Crippen LogP contribution in [0.25, 0.3) is 0 Å². The van der Waals surface area contributed by atoms with Crippen molar-refractivity contribution >= 4 is 0 Å². The molecule has 0 radical (unpaired) electrons. The zero-order valence-corrected chi connectivity index (χ0v) is 10.4. The van der Waals surface area contributed by atoms with E-state index in [4.69, 9.17) is 10.5 Å². The number of ether oxygens (including phenoxy) is 1. The van der Waals surface area contributed by atoms with Gasteiger partial charge in [0, 0.05) is 45.4 Å². The minimum absolute atomic E-state index is 0.167. The van der Waals surface area contributed by atoms with Gasteiger partial charge in [-0.15, -0.1) is 0 Å². The van der Waals surface area contributed by atoms with Gasteiger partial charge in [0.15, 0.2) is 0 Å². The molecule has 2 saturated heterocycles. The maximum absolute atomic E-state index is 6.00. The number of piperidine rings is 1. The minimum Gasteiger partial charge on any atom is -0.383 e. The highest BCUT2D eigenvalue weighted by molar-refractivity contribution is 4.86. The summed E-state index contributed by atoms with van der Waals surface area (Å²) in [4.78, 5) is 5.16. The fourth-order valence-electron chi connectivity index (χ4n) is 2.98. The van der Waals surface area contributed by atoms with Crippen molar-refractivity contribution in [3.8, 4) is 0 Å². The first kappa shape index (κ1) is 12.3. The van der Waals surface area contributed by atoms with Crippen molar-refractivity contribution < 1.29 is 4.74 Å². The lowest BCUT2D eigenvalue weighted by molar-refractivity contribution is 0.0413. The van der Waals surface area contributed by atoms with E-state index in [0.717, 1.165) is 12.6 Å². The lowest BCUT2D eigenvalue weighted by atomic mass is 9.99. The second kappa shape index (κ2) is 5.96. The summed E-state index contributed by atoms with van der Waals surface area (Å²) in [5.41, 5.74) is 6.00. The third-order valence-corrected chi connectivity index (χ3v) is 3.79. The van der Waals surface area contributed by atoms with Crippen molar-refractivity contribution in [3.63, 3.8) is 0 Å². The van der Waals surface area contributed by atoms with Crippen molar-refractivity contribution in [1.29, 1.82) is 0 Å². The van der Waals surface area contributed by atoms with Gasteiger partial charge in [-0.2, -0.15) is 0 Å². The molecule has 0 amide bonds. The van der Waals surface area contributed by atoms with Gasteiger partial charge in [0.1, 0.15) is 0 Å². The van der Waals surface area contributed by atoms with E-state index in [1.54, 1.807) is 7.11 Å². The average molecular weight is 227 g/mol. The second-order valence-electron chi connectivity index (χ2n) is 5.16. The molecule has 4 heteroatoms. The summed E-state index contributed by atoms with van der Waals surface area (Å²) in [7, 11) is 1.72. The molecule has 0 aromatic rings. The zero-order chi connectivity index (χ0) is 11.4. The third kappa shape index (κ3) is 3.17. The molecule has 0 aliphatic carbocycles. The van der Waals surface area contributed by atoms with Crippen molar-refractivity contribution in [1.82, 2.24) is 9.80 Å². The molecule has 4 nitrogen and oxygen atoms in total. The van der Waals surface area contributed by atoms with E-state index in [0.29, 0.717) is 6.61 Å². The predicted molar refractivity (Wildman–Crippen MR) is 65.5 cm³/mol. The molecule has 2 unspecified atom stereocenters. The molecule has 94 valence electrons. The second-order valence-corrected chi connectivity index (χ2v) is 5.16. The molecule has 0 spiro atoms. The SMILES string of the molecule is COCC(N)CN1CCN2CCCCC2C1. The Hall–Kier alpha value is -0.160. The summed E-state index contributed by atoms with van der Waals surface area (Å²) >= 11 is 0. The molecular weight excluding hydrogens is 202 g/mol. The van der Waals surface area contributed by atoms with Crippen molar-refractivity contribution in [2.45, 2.75) is 31.3 Å². The van der Waals surface area contributed by atoms with Gasteiger partial charge in [-0.25, -0.2) is 0 Å². The Morgan fingerprint density at radius 1 is 1.31 bits per heavy atom. The number of rotatable bonds is 4. The van der Waals surface area contributed by atoms with E-state index in [-0.39, 0.29) is 6.04 Å². The van der Waals surface area contributed by atoms with Crippen LogP contribution in [-0.2, 0) is 4.74 Å². The summed E-state index contributed by atoms with van der Waals surface area (Å²) in [5.74, 6) is 0. The molecule has 0 aromatic heterocycles. The Kier molecular flexibility index (Phi) is 4.58. The van der Waals surface area contributed by atoms with Gasteiger partial charge in [0.05, 0.1) is 6.61 Å². The number of nitrogens with zero attached hydrogens (tertiary/aromatic N) is 2. The van der Waals surface area contributed by atoms with E-state index < -0.39 is 0 Å². The van der Waals surface area contributed by atoms with Crippen LogP contribution in [0.4, 0.5) is 0 Å². The molecule has 0 bridgehead atoms. The van der Waals surface area contributed by atoms with Crippen molar-refractivity contribution in [3.05, 3.63) is 0 Å². The van der Waals surface area contributed by atoms with E-state index in [9.17, 15) is 0 Å². The number of piperazine rings is 1. The highest BCUT2D eigenvalue weighted by Crippen LogP contribution is 2.20. The lowest BCUT2D eigenvalue weighted by Crippen LogP contribution is -2.56. The summed E-state index contributed by atoms with van der Waals surface area (Å²) < 4.78 is 5.09. The van der Waals surface area contributed by atoms with Crippen LogP contribution in [0.1, 0.15) is 19.3 Å². The highest BCUT2D eigenvalue weighted by atomic mass is 16.5. The maximum atomic E-state index is 6.00. The first-order valence-corrected chi connectivity index (χ1v) is 6.50. The number of hydrogen-bond donors (Lipinski definition) is 1. The Bertz CT molecular complexity index is 212. The zero-order valence-electron chi connectivity index (χ0n) is 10.4. The fourth-order valence-corrected chi connectivity index (χ4v) is 2.98. The number of fused-ring (bicyclic) bond motifs is 1. The van der Waals surface area contributed by atoms with E-state index >= 15 is 0 Å². The Labute approximate surface area is 98.7 Å². The Morgan fingerprint density at radius 3 is 3.00 bits per heavy atom. The summed E-state index contributed by atoms with van der Waals surface area (Å²) in [6, 6.07) is 0.956. The van der Waals surface area contributed by atoms with E-state index in [2.05, 4.69) is 9.80 Å². The van der Waals surface area contributed by atoms with Gasteiger partial charge >= 0.3 is 0 Å². The summed E-state index contributed by atoms with van der Waals surface area (Å²) in [6.07, 6.45) is 4.16. The molecule has 0 aromatic carbocycles. The van der Waals surface area contributed by atoms with Crippen LogP contribution in [0.5, 0.6) is 0 Å².